The number of rotatable bonds is 7. The molecule has 0 fully saturated rings. The van der Waals surface area contributed by atoms with E-state index in [1.54, 1.807) is 6.08 Å². The van der Waals surface area contributed by atoms with E-state index in [2.05, 4.69) is 73.1 Å². The first-order valence-corrected chi connectivity index (χ1v) is 9.62. The summed E-state index contributed by atoms with van der Waals surface area (Å²) in [6, 6.07) is 18.9. The van der Waals surface area contributed by atoms with Crippen LogP contribution in [0.4, 0.5) is 0 Å². The maximum atomic E-state index is 12.1. The summed E-state index contributed by atoms with van der Waals surface area (Å²) in [4.78, 5) is 12.1. The predicted molar refractivity (Wildman–Crippen MR) is 114 cm³/mol. The van der Waals surface area contributed by atoms with Crippen LogP contribution in [-0.2, 0) is 17.8 Å². The fraction of sp³-hybridized carbons (Fsp3) is 0.292. The number of carbonyl (C=O) groups is 1. The molecule has 0 saturated carbocycles. The third kappa shape index (κ3) is 5.10. The fourth-order valence-electron chi connectivity index (χ4n) is 3.40. The van der Waals surface area contributed by atoms with E-state index in [9.17, 15) is 4.79 Å². The number of aromatic nitrogens is 1. The Bertz CT molecular complexity index is 933. The fourth-order valence-corrected chi connectivity index (χ4v) is 3.40. The lowest BCUT2D eigenvalue weighted by atomic mass is 10.0. The van der Waals surface area contributed by atoms with Gasteiger partial charge >= 0.3 is 0 Å². The van der Waals surface area contributed by atoms with Gasteiger partial charge in [0.1, 0.15) is 0 Å². The zero-order chi connectivity index (χ0) is 19.2. The van der Waals surface area contributed by atoms with E-state index in [0.717, 1.165) is 18.5 Å². The van der Waals surface area contributed by atoms with Crippen LogP contribution in [0.25, 0.3) is 17.0 Å². The minimum Gasteiger partial charge on any atom is -0.351 e. The quantitative estimate of drug-likeness (QED) is 0.593. The highest BCUT2D eigenvalue weighted by molar-refractivity contribution is 5.91. The van der Waals surface area contributed by atoms with Gasteiger partial charge in [-0.3, -0.25) is 4.79 Å². The second-order valence-corrected chi connectivity index (χ2v) is 7.46. The number of para-hydroxylation sites is 1. The molecule has 3 aromatic rings. The molecule has 3 nitrogen and oxygen atoms in total. The first-order chi connectivity index (χ1) is 13.0. The number of amides is 1. The van der Waals surface area contributed by atoms with Crippen molar-refractivity contribution >= 4 is 22.9 Å². The van der Waals surface area contributed by atoms with Gasteiger partial charge in [-0.15, -0.1) is 0 Å². The van der Waals surface area contributed by atoms with Crippen LogP contribution in [-0.4, -0.2) is 17.0 Å². The SMILES string of the molecule is Cc1cc2ccccc2n1CCNC(=O)C=Cc1ccc(CC(C)C)cc1. The van der Waals surface area contributed by atoms with Crippen molar-refractivity contribution in [1.29, 1.82) is 0 Å². The Morgan fingerprint density at radius 1 is 1.11 bits per heavy atom. The molecule has 0 saturated heterocycles. The molecule has 1 heterocycles. The Morgan fingerprint density at radius 2 is 1.85 bits per heavy atom. The smallest absolute Gasteiger partial charge is 0.244 e. The molecule has 0 bridgehead atoms. The van der Waals surface area contributed by atoms with Crippen molar-refractivity contribution in [2.45, 2.75) is 33.7 Å². The average Bonchev–Trinajstić information content (AvgIpc) is 2.96. The van der Waals surface area contributed by atoms with Crippen LogP contribution in [0.3, 0.4) is 0 Å². The number of nitrogens with zero attached hydrogens (tertiary/aromatic N) is 1. The number of benzene rings is 2. The van der Waals surface area contributed by atoms with E-state index in [-0.39, 0.29) is 5.91 Å². The van der Waals surface area contributed by atoms with Crippen LogP contribution in [0, 0.1) is 12.8 Å². The van der Waals surface area contributed by atoms with E-state index in [1.165, 1.54) is 22.2 Å². The number of aryl methyl sites for hydroxylation is 1. The maximum Gasteiger partial charge on any atom is 0.244 e. The average molecular weight is 361 g/mol. The van der Waals surface area contributed by atoms with E-state index in [4.69, 9.17) is 0 Å². The van der Waals surface area contributed by atoms with E-state index in [0.29, 0.717) is 12.5 Å². The van der Waals surface area contributed by atoms with Crippen LogP contribution in [0.1, 0.15) is 30.7 Å². The highest BCUT2D eigenvalue weighted by atomic mass is 16.1. The summed E-state index contributed by atoms with van der Waals surface area (Å²) in [5.41, 5.74) is 4.80. The lowest BCUT2D eigenvalue weighted by molar-refractivity contribution is -0.116. The van der Waals surface area contributed by atoms with Gasteiger partial charge in [0.25, 0.3) is 0 Å². The van der Waals surface area contributed by atoms with Crippen LogP contribution in [0.2, 0.25) is 0 Å². The van der Waals surface area contributed by atoms with Gasteiger partial charge in [-0.1, -0.05) is 56.3 Å². The zero-order valence-electron chi connectivity index (χ0n) is 16.4. The first kappa shape index (κ1) is 19.0. The van der Waals surface area contributed by atoms with Gasteiger partial charge in [-0.05, 0) is 54.0 Å². The molecule has 0 unspecified atom stereocenters. The second kappa shape index (κ2) is 8.72. The molecule has 0 atom stereocenters. The van der Waals surface area contributed by atoms with Gasteiger partial charge in [-0.2, -0.15) is 0 Å². The Labute approximate surface area is 161 Å². The van der Waals surface area contributed by atoms with Crippen molar-refractivity contribution in [2.24, 2.45) is 5.92 Å². The molecule has 0 aliphatic rings. The van der Waals surface area contributed by atoms with Gasteiger partial charge < -0.3 is 9.88 Å². The van der Waals surface area contributed by atoms with Crippen LogP contribution < -0.4 is 5.32 Å². The minimum absolute atomic E-state index is 0.0598. The lowest BCUT2D eigenvalue weighted by Gasteiger charge is -2.08. The number of fused-ring (bicyclic) bond motifs is 1. The molecular weight excluding hydrogens is 332 g/mol. The van der Waals surface area contributed by atoms with Crippen LogP contribution in [0.15, 0.2) is 60.7 Å². The first-order valence-electron chi connectivity index (χ1n) is 9.62. The molecule has 140 valence electrons. The third-order valence-corrected chi connectivity index (χ3v) is 4.70. The largest absolute Gasteiger partial charge is 0.351 e. The molecule has 27 heavy (non-hydrogen) atoms. The van der Waals surface area contributed by atoms with Gasteiger partial charge in [0, 0.05) is 30.4 Å². The Balaban J connectivity index is 1.52. The Hall–Kier alpha value is -2.81. The zero-order valence-corrected chi connectivity index (χ0v) is 16.4. The number of hydrogen-bond acceptors (Lipinski definition) is 1. The molecule has 1 amide bonds. The maximum absolute atomic E-state index is 12.1. The van der Waals surface area contributed by atoms with Crippen molar-refractivity contribution in [1.82, 2.24) is 9.88 Å². The molecule has 2 aromatic carbocycles. The summed E-state index contributed by atoms with van der Waals surface area (Å²) in [6.07, 6.45) is 4.56. The molecule has 3 rings (SSSR count). The topological polar surface area (TPSA) is 34.0 Å². The lowest BCUT2D eigenvalue weighted by Crippen LogP contribution is -2.25. The molecule has 0 aliphatic heterocycles. The van der Waals surface area contributed by atoms with E-state index in [1.807, 2.05) is 18.2 Å². The van der Waals surface area contributed by atoms with E-state index >= 15 is 0 Å². The molecule has 0 spiro atoms. The van der Waals surface area contributed by atoms with Gasteiger partial charge in [0.05, 0.1) is 0 Å². The van der Waals surface area contributed by atoms with Crippen LogP contribution in [0.5, 0.6) is 0 Å². The van der Waals surface area contributed by atoms with Gasteiger partial charge in [0.15, 0.2) is 0 Å². The molecule has 1 aromatic heterocycles. The summed E-state index contributed by atoms with van der Waals surface area (Å²) >= 11 is 0. The summed E-state index contributed by atoms with van der Waals surface area (Å²) in [5, 5.41) is 4.21. The van der Waals surface area contributed by atoms with Crippen molar-refractivity contribution in [3.8, 4) is 0 Å². The molecule has 0 aliphatic carbocycles. The Morgan fingerprint density at radius 3 is 2.59 bits per heavy atom. The number of hydrogen-bond donors (Lipinski definition) is 1. The molecule has 0 radical (unpaired) electrons. The monoisotopic (exact) mass is 360 g/mol. The summed E-state index contributed by atoms with van der Waals surface area (Å²) in [6.45, 7) is 7.91. The number of carbonyl (C=O) groups excluding carboxylic acids is 1. The summed E-state index contributed by atoms with van der Waals surface area (Å²) in [7, 11) is 0. The molecule has 1 N–H and O–H groups in total. The van der Waals surface area contributed by atoms with Gasteiger partial charge in [0.2, 0.25) is 5.91 Å². The second-order valence-electron chi connectivity index (χ2n) is 7.46. The van der Waals surface area contributed by atoms with Crippen LogP contribution >= 0.6 is 0 Å². The third-order valence-electron chi connectivity index (χ3n) is 4.70. The summed E-state index contributed by atoms with van der Waals surface area (Å²) < 4.78 is 2.24. The van der Waals surface area contributed by atoms with Gasteiger partial charge in [-0.25, -0.2) is 0 Å². The van der Waals surface area contributed by atoms with Crippen molar-refractivity contribution in [3.05, 3.63) is 77.5 Å². The minimum atomic E-state index is -0.0598. The standard InChI is InChI=1S/C24H28N2O/c1-18(2)16-21-10-8-20(9-11-21)12-13-24(27)25-14-15-26-19(3)17-22-6-4-5-7-23(22)26/h4-13,17-18H,14-16H2,1-3H3,(H,25,27). The normalized spacial score (nSPS) is 11.6. The Kier molecular flexibility index (Phi) is 6.12. The van der Waals surface area contributed by atoms with Crippen molar-refractivity contribution in [3.63, 3.8) is 0 Å². The molecule has 3 heteroatoms. The summed E-state index contributed by atoms with van der Waals surface area (Å²) in [5.74, 6) is 0.591. The highest BCUT2D eigenvalue weighted by Crippen LogP contribution is 2.18. The van der Waals surface area contributed by atoms with Crippen molar-refractivity contribution < 1.29 is 4.79 Å². The van der Waals surface area contributed by atoms with E-state index < -0.39 is 0 Å². The number of nitrogens with one attached hydrogen (secondary N) is 1. The van der Waals surface area contributed by atoms with Crippen molar-refractivity contribution in [2.75, 3.05) is 6.54 Å². The highest BCUT2D eigenvalue weighted by Gasteiger charge is 2.05. The predicted octanol–water partition coefficient (Wildman–Crippen LogP) is 4.98. The molecular formula is C24H28N2O.